The number of benzene rings is 1. The van der Waals surface area contributed by atoms with Crippen LogP contribution in [-0.2, 0) is 0 Å². The van der Waals surface area contributed by atoms with E-state index >= 15 is 0 Å². The second-order valence-corrected chi connectivity index (χ2v) is 5.41. The van der Waals surface area contributed by atoms with Crippen LogP contribution in [0.3, 0.4) is 0 Å². The first-order valence-corrected chi connectivity index (χ1v) is 7.14. The molecule has 0 aliphatic carbocycles. The number of pyridine rings is 1. The third-order valence-corrected chi connectivity index (χ3v) is 3.78. The van der Waals surface area contributed by atoms with Gasteiger partial charge in [-0.25, -0.2) is 4.68 Å². The molecule has 5 nitrogen and oxygen atoms in total. The van der Waals surface area contributed by atoms with Gasteiger partial charge in [0, 0.05) is 0 Å². The zero-order chi connectivity index (χ0) is 15.7. The van der Waals surface area contributed by atoms with E-state index in [2.05, 4.69) is 15.3 Å². The molecule has 3 aromatic rings. The van der Waals surface area contributed by atoms with Crippen molar-refractivity contribution in [1.29, 1.82) is 5.26 Å². The van der Waals surface area contributed by atoms with E-state index in [0.717, 1.165) is 22.8 Å². The highest BCUT2D eigenvalue weighted by atomic mass is 32.1. The summed E-state index contributed by atoms with van der Waals surface area (Å²) in [7, 11) is 0. The lowest BCUT2D eigenvalue weighted by Crippen LogP contribution is -1.99. The second kappa shape index (κ2) is 5.54. The summed E-state index contributed by atoms with van der Waals surface area (Å²) >= 11 is 5.16. The Bertz CT molecular complexity index is 928. The van der Waals surface area contributed by atoms with E-state index in [0.29, 0.717) is 10.2 Å². The molecule has 0 saturated heterocycles. The number of hydrogen-bond acceptors (Lipinski definition) is 4. The van der Waals surface area contributed by atoms with Crippen molar-refractivity contribution in [3.8, 4) is 23.1 Å². The normalized spacial score (nSPS) is 10.4. The van der Waals surface area contributed by atoms with Crippen molar-refractivity contribution in [1.82, 2.24) is 20.0 Å². The molecule has 0 bridgehead atoms. The van der Waals surface area contributed by atoms with Crippen LogP contribution in [0.25, 0.3) is 17.1 Å². The molecule has 2 aromatic heterocycles. The minimum absolute atomic E-state index is 0.407. The minimum Gasteiger partial charge on any atom is -0.344 e. The smallest absolute Gasteiger partial charge is 0.132 e. The molecule has 108 valence electrons. The summed E-state index contributed by atoms with van der Waals surface area (Å²) in [4.78, 5) is 3.03. The fourth-order valence-electron chi connectivity index (χ4n) is 2.21. The summed E-state index contributed by atoms with van der Waals surface area (Å²) in [5, 5.41) is 17.4. The number of nitriles is 1. The Kier molecular flexibility index (Phi) is 3.57. The molecule has 2 heterocycles. The van der Waals surface area contributed by atoms with E-state index in [1.165, 1.54) is 5.56 Å². The van der Waals surface area contributed by atoms with Crippen molar-refractivity contribution >= 4 is 12.2 Å². The van der Waals surface area contributed by atoms with E-state index in [-0.39, 0.29) is 0 Å². The van der Waals surface area contributed by atoms with E-state index in [9.17, 15) is 0 Å². The Morgan fingerprint density at radius 2 is 1.86 bits per heavy atom. The molecule has 0 amide bonds. The van der Waals surface area contributed by atoms with Crippen LogP contribution >= 0.6 is 12.2 Å². The first-order valence-electron chi connectivity index (χ1n) is 6.73. The summed E-state index contributed by atoms with van der Waals surface area (Å²) in [6.07, 6.45) is 0. The second-order valence-electron chi connectivity index (χ2n) is 5.00. The Morgan fingerprint density at radius 1 is 1.14 bits per heavy atom. The average Bonchev–Trinajstić information content (AvgIpc) is 2.90. The van der Waals surface area contributed by atoms with Gasteiger partial charge in [0.2, 0.25) is 0 Å². The van der Waals surface area contributed by atoms with Crippen molar-refractivity contribution in [3.63, 3.8) is 0 Å². The molecule has 1 aromatic carbocycles. The van der Waals surface area contributed by atoms with Gasteiger partial charge in [0.25, 0.3) is 0 Å². The number of rotatable bonds is 2. The zero-order valence-electron chi connectivity index (χ0n) is 12.2. The molecular weight excluding hydrogens is 294 g/mol. The van der Waals surface area contributed by atoms with Crippen molar-refractivity contribution in [2.45, 2.75) is 13.8 Å². The van der Waals surface area contributed by atoms with Gasteiger partial charge in [-0.2, -0.15) is 5.26 Å². The lowest BCUT2D eigenvalue weighted by atomic mass is 10.2. The number of aryl methyl sites for hydroxylation is 1. The van der Waals surface area contributed by atoms with Gasteiger partial charge in [0.1, 0.15) is 16.4 Å². The molecule has 0 saturated carbocycles. The maximum Gasteiger partial charge on any atom is 0.132 e. The number of hydrogen-bond donors (Lipinski definition) is 1. The topological polar surface area (TPSA) is 70.3 Å². The molecule has 0 aliphatic heterocycles. The Morgan fingerprint density at radius 3 is 2.50 bits per heavy atom. The monoisotopic (exact) mass is 307 g/mol. The van der Waals surface area contributed by atoms with E-state index in [1.807, 2.05) is 44.2 Å². The fourth-order valence-corrected chi connectivity index (χ4v) is 2.43. The highest BCUT2D eigenvalue weighted by Crippen LogP contribution is 2.21. The molecule has 22 heavy (non-hydrogen) atoms. The molecule has 3 rings (SSSR count). The number of H-pyrrole nitrogens is 1. The van der Waals surface area contributed by atoms with Crippen molar-refractivity contribution < 1.29 is 0 Å². The highest BCUT2D eigenvalue weighted by molar-refractivity contribution is 7.71. The average molecular weight is 307 g/mol. The number of aromatic amines is 1. The van der Waals surface area contributed by atoms with E-state index in [1.54, 1.807) is 16.8 Å². The van der Waals surface area contributed by atoms with Gasteiger partial charge in [-0.3, -0.25) is 0 Å². The molecule has 0 aliphatic rings. The van der Waals surface area contributed by atoms with Crippen molar-refractivity contribution in [2.75, 3.05) is 0 Å². The predicted octanol–water partition coefficient (Wildman–Crippen LogP) is 3.48. The number of nitrogens with zero attached hydrogens (tertiary/aromatic N) is 4. The molecule has 1 N–H and O–H groups in total. The Balaban J connectivity index is 2.07. The molecule has 0 spiro atoms. The summed E-state index contributed by atoms with van der Waals surface area (Å²) in [5.41, 5.74) is 4.96. The quantitative estimate of drug-likeness (QED) is 0.736. The highest BCUT2D eigenvalue weighted by Gasteiger charge is 2.13. The van der Waals surface area contributed by atoms with Gasteiger partial charge in [-0.05, 0) is 38.1 Å². The van der Waals surface area contributed by atoms with Gasteiger partial charge in [0.15, 0.2) is 0 Å². The van der Waals surface area contributed by atoms with E-state index in [4.69, 9.17) is 17.5 Å². The predicted molar refractivity (Wildman–Crippen MR) is 86.2 cm³/mol. The first-order chi connectivity index (χ1) is 10.6. The summed E-state index contributed by atoms with van der Waals surface area (Å²) in [5.74, 6) is 0. The van der Waals surface area contributed by atoms with Crippen LogP contribution in [0.4, 0.5) is 0 Å². The van der Waals surface area contributed by atoms with Crippen LogP contribution < -0.4 is 0 Å². The largest absolute Gasteiger partial charge is 0.344 e. The first kappa shape index (κ1) is 14.2. The van der Waals surface area contributed by atoms with Crippen LogP contribution in [0.2, 0.25) is 0 Å². The third kappa shape index (κ3) is 2.43. The maximum absolute atomic E-state index is 8.94. The van der Waals surface area contributed by atoms with Gasteiger partial charge in [0.05, 0.1) is 22.6 Å². The Hall–Kier alpha value is -2.78. The van der Waals surface area contributed by atoms with Gasteiger partial charge in [-0.15, -0.1) is 5.10 Å². The lowest BCUT2D eigenvalue weighted by molar-refractivity contribution is 0.785. The van der Waals surface area contributed by atoms with Gasteiger partial charge >= 0.3 is 0 Å². The van der Waals surface area contributed by atoms with Crippen LogP contribution in [0.1, 0.15) is 16.8 Å². The van der Waals surface area contributed by atoms with Crippen LogP contribution in [0.15, 0.2) is 36.4 Å². The fraction of sp³-hybridized carbons (Fsp3) is 0.125. The van der Waals surface area contributed by atoms with Crippen LogP contribution in [0, 0.1) is 29.8 Å². The van der Waals surface area contributed by atoms with Crippen LogP contribution in [-0.4, -0.2) is 20.0 Å². The standard InChI is InChI=1S/C16H13N5S/c1-10-3-6-13(7-4-10)21-11(2)15(19-20-21)14-8-5-12(9-17)16(22)18-14/h3-8H,1-2H3,(H,18,22). The SMILES string of the molecule is Cc1ccc(-n2nnc(-c3ccc(C#N)c(=S)[nH]3)c2C)cc1. The van der Waals surface area contributed by atoms with Gasteiger partial charge in [-0.1, -0.05) is 35.1 Å². The maximum atomic E-state index is 8.94. The molecule has 6 heteroatoms. The molecule has 0 unspecified atom stereocenters. The number of aromatic nitrogens is 4. The van der Waals surface area contributed by atoms with E-state index < -0.39 is 0 Å². The molecule has 0 atom stereocenters. The minimum atomic E-state index is 0.407. The molecule has 0 radical (unpaired) electrons. The van der Waals surface area contributed by atoms with Gasteiger partial charge < -0.3 is 4.98 Å². The molecular formula is C16H13N5S. The number of nitrogens with one attached hydrogen (secondary N) is 1. The lowest BCUT2D eigenvalue weighted by Gasteiger charge is -2.04. The molecule has 0 fully saturated rings. The van der Waals surface area contributed by atoms with Crippen LogP contribution in [0.5, 0.6) is 0 Å². The summed E-state index contributed by atoms with van der Waals surface area (Å²) in [6, 6.07) is 13.6. The Labute approximate surface area is 132 Å². The zero-order valence-corrected chi connectivity index (χ0v) is 13.0. The summed E-state index contributed by atoms with van der Waals surface area (Å²) in [6.45, 7) is 3.99. The van der Waals surface area contributed by atoms with Crippen molar-refractivity contribution in [2.24, 2.45) is 0 Å². The summed E-state index contributed by atoms with van der Waals surface area (Å²) < 4.78 is 2.19. The third-order valence-electron chi connectivity index (χ3n) is 3.46. The van der Waals surface area contributed by atoms with Crippen molar-refractivity contribution in [3.05, 3.63) is 57.9 Å².